The molecule has 2 fully saturated rings. The first kappa shape index (κ1) is 11.5. The quantitative estimate of drug-likeness (QED) is 0.591. The first-order valence-electron chi connectivity index (χ1n) is 7.08. The van der Waals surface area contributed by atoms with Crippen LogP contribution in [0.2, 0.25) is 0 Å². The third-order valence-corrected chi connectivity index (χ3v) is 5.52. The highest BCUT2D eigenvalue weighted by atomic mass is 14.9. The van der Waals surface area contributed by atoms with Crippen molar-refractivity contribution < 1.29 is 0 Å². The van der Waals surface area contributed by atoms with Crippen LogP contribution in [0.3, 0.4) is 0 Å². The van der Waals surface area contributed by atoms with Gasteiger partial charge in [-0.15, -0.1) is 0 Å². The first-order valence-corrected chi connectivity index (χ1v) is 7.08. The van der Waals surface area contributed by atoms with Crippen molar-refractivity contribution >= 4 is 0 Å². The monoisotopic (exact) mass is 208 g/mol. The fraction of sp³-hybridized carbons (Fsp3) is 1.00. The van der Waals surface area contributed by atoms with E-state index in [1.807, 2.05) is 0 Å². The van der Waals surface area contributed by atoms with Crippen molar-refractivity contribution in [3.05, 3.63) is 0 Å². The fourth-order valence-electron chi connectivity index (χ4n) is 4.07. The van der Waals surface area contributed by atoms with Crippen LogP contribution in [-0.4, -0.2) is 0 Å². The topological polar surface area (TPSA) is 0 Å². The summed E-state index contributed by atoms with van der Waals surface area (Å²) in [6.07, 6.45) is 5.81. The average Bonchev–Trinajstić information content (AvgIpc) is 3.06. The van der Waals surface area contributed by atoms with Crippen LogP contribution >= 0.6 is 0 Å². The molecule has 0 aliphatic heterocycles. The minimum absolute atomic E-state index is 0.832. The molecule has 0 N–H and O–H groups in total. The molecule has 0 heterocycles. The van der Waals surface area contributed by atoms with Gasteiger partial charge >= 0.3 is 0 Å². The molecule has 88 valence electrons. The van der Waals surface area contributed by atoms with Crippen molar-refractivity contribution in [3.8, 4) is 0 Å². The number of hydrogen-bond donors (Lipinski definition) is 0. The molecule has 0 aromatic rings. The maximum Gasteiger partial charge on any atom is -0.0232 e. The lowest BCUT2D eigenvalue weighted by molar-refractivity contribution is 0.212. The molecule has 3 atom stereocenters. The molecule has 0 saturated heterocycles. The van der Waals surface area contributed by atoms with E-state index in [0.29, 0.717) is 0 Å². The third-order valence-electron chi connectivity index (χ3n) is 5.52. The molecule has 2 aliphatic carbocycles. The molecular formula is C15H28. The van der Waals surface area contributed by atoms with Gasteiger partial charge in [0.05, 0.1) is 0 Å². The second-order valence-electron chi connectivity index (χ2n) is 6.51. The molecule has 0 aromatic heterocycles. The van der Waals surface area contributed by atoms with Crippen LogP contribution in [0.4, 0.5) is 0 Å². The Bertz CT molecular complexity index is 218. The number of fused-ring (bicyclic) bond motifs is 1. The molecule has 0 bridgehead atoms. The summed E-state index contributed by atoms with van der Waals surface area (Å²) in [4.78, 5) is 0. The van der Waals surface area contributed by atoms with Gasteiger partial charge in [-0.1, -0.05) is 47.5 Å². The summed E-state index contributed by atoms with van der Waals surface area (Å²) in [5, 5.41) is 0. The molecule has 3 unspecified atom stereocenters. The second kappa shape index (κ2) is 3.79. The van der Waals surface area contributed by atoms with Gasteiger partial charge in [-0.05, 0) is 47.8 Å². The van der Waals surface area contributed by atoms with E-state index >= 15 is 0 Å². The molecule has 2 saturated carbocycles. The second-order valence-corrected chi connectivity index (χ2v) is 6.51. The summed E-state index contributed by atoms with van der Waals surface area (Å²) >= 11 is 0. The van der Waals surface area contributed by atoms with Crippen LogP contribution in [0, 0.1) is 35.0 Å². The Balaban J connectivity index is 1.78. The lowest BCUT2D eigenvalue weighted by Gasteiger charge is -2.28. The Hall–Kier alpha value is 0. The maximum atomic E-state index is 2.42. The van der Waals surface area contributed by atoms with Gasteiger partial charge < -0.3 is 0 Å². The van der Waals surface area contributed by atoms with Crippen molar-refractivity contribution in [2.75, 3.05) is 0 Å². The predicted octanol–water partition coefficient (Wildman–Crippen LogP) is 4.74. The zero-order chi connectivity index (χ0) is 11.2. The van der Waals surface area contributed by atoms with E-state index in [1.165, 1.54) is 25.7 Å². The molecule has 15 heavy (non-hydrogen) atoms. The van der Waals surface area contributed by atoms with Gasteiger partial charge in [-0.2, -0.15) is 0 Å². The van der Waals surface area contributed by atoms with Gasteiger partial charge in [0.15, 0.2) is 0 Å². The van der Waals surface area contributed by atoms with Crippen LogP contribution in [0.5, 0.6) is 0 Å². The van der Waals surface area contributed by atoms with Crippen molar-refractivity contribution in [1.29, 1.82) is 0 Å². The fourth-order valence-corrected chi connectivity index (χ4v) is 4.07. The highest BCUT2D eigenvalue weighted by molar-refractivity contribution is 5.28. The third kappa shape index (κ3) is 1.65. The van der Waals surface area contributed by atoms with Crippen molar-refractivity contribution in [3.63, 3.8) is 0 Å². The lowest BCUT2D eigenvalue weighted by Crippen LogP contribution is -2.20. The van der Waals surface area contributed by atoms with Crippen molar-refractivity contribution in [2.45, 2.75) is 60.3 Å². The standard InChI is InChI=1S/C15H28/c1-6-11(5)8-9-15(7-2)13-12(10(3)4)14(13)15/h10-14H,6-9H2,1-5H3. The normalized spacial score (nSPS) is 44.0. The van der Waals surface area contributed by atoms with Crippen molar-refractivity contribution in [2.24, 2.45) is 35.0 Å². The Labute approximate surface area is 95.8 Å². The highest BCUT2D eigenvalue weighted by Gasteiger charge is 2.81. The van der Waals surface area contributed by atoms with Crippen LogP contribution < -0.4 is 0 Å². The molecule has 0 heteroatoms. The summed E-state index contributed by atoms with van der Waals surface area (Å²) in [5.41, 5.74) is 0.832. The van der Waals surface area contributed by atoms with Gasteiger partial charge in [0.2, 0.25) is 0 Å². The Morgan fingerprint density at radius 3 is 2.07 bits per heavy atom. The summed E-state index contributed by atoms with van der Waals surface area (Å²) in [6, 6.07) is 0. The minimum atomic E-state index is 0.832. The van der Waals surface area contributed by atoms with E-state index in [2.05, 4.69) is 34.6 Å². The lowest BCUT2D eigenvalue weighted by atomic mass is 9.77. The van der Waals surface area contributed by atoms with Crippen LogP contribution in [0.15, 0.2) is 0 Å². The molecule has 0 aromatic carbocycles. The summed E-state index contributed by atoms with van der Waals surface area (Å²) < 4.78 is 0. The summed E-state index contributed by atoms with van der Waals surface area (Å²) in [6.45, 7) is 12.0. The molecule has 0 nitrogen and oxygen atoms in total. The van der Waals surface area contributed by atoms with E-state index in [4.69, 9.17) is 0 Å². The molecule has 0 radical (unpaired) electrons. The Morgan fingerprint density at radius 1 is 1.07 bits per heavy atom. The average molecular weight is 208 g/mol. The summed E-state index contributed by atoms with van der Waals surface area (Å²) in [7, 11) is 0. The predicted molar refractivity (Wildman–Crippen MR) is 66.7 cm³/mol. The van der Waals surface area contributed by atoms with Gasteiger partial charge in [0.25, 0.3) is 0 Å². The van der Waals surface area contributed by atoms with Crippen LogP contribution in [-0.2, 0) is 0 Å². The zero-order valence-electron chi connectivity index (χ0n) is 11.2. The first-order chi connectivity index (χ1) is 7.08. The van der Waals surface area contributed by atoms with Crippen molar-refractivity contribution in [1.82, 2.24) is 0 Å². The van der Waals surface area contributed by atoms with E-state index in [-0.39, 0.29) is 0 Å². The minimum Gasteiger partial charge on any atom is -0.0651 e. The van der Waals surface area contributed by atoms with E-state index in [0.717, 1.165) is 35.0 Å². The maximum absolute atomic E-state index is 2.42. The van der Waals surface area contributed by atoms with Gasteiger partial charge in [-0.3, -0.25) is 0 Å². The Morgan fingerprint density at radius 2 is 1.67 bits per heavy atom. The van der Waals surface area contributed by atoms with Gasteiger partial charge in [0, 0.05) is 0 Å². The molecule has 2 rings (SSSR count). The van der Waals surface area contributed by atoms with E-state index < -0.39 is 0 Å². The molecular weight excluding hydrogens is 180 g/mol. The molecule has 2 aliphatic rings. The van der Waals surface area contributed by atoms with Gasteiger partial charge in [-0.25, -0.2) is 0 Å². The van der Waals surface area contributed by atoms with Crippen LogP contribution in [0.25, 0.3) is 0 Å². The highest BCUT2D eigenvalue weighted by Crippen LogP contribution is 2.86. The zero-order valence-corrected chi connectivity index (χ0v) is 11.2. The number of rotatable bonds is 6. The number of hydrogen-bond acceptors (Lipinski definition) is 0. The summed E-state index contributed by atoms with van der Waals surface area (Å²) in [5.74, 6) is 5.30. The Kier molecular flexibility index (Phi) is 2.90. The SMILES string of the molecule is CCC(C)CCC1(CC)C2C(C(C)C)C21. The largest absolute Gasteiger partial charge is 0.0651 e. The molecule has 0 spiro atoms. The van der Waals surface area contributed by atoms with Gasteiger partial charge in [0.1, 0.15) is 0 Å². The smallest absolute Gasteiger partial charge is 0.0232 e. The van der Waals surface area contributed by atoms with E-state index in [1.54, 1.807) is 0 Å². The van der Waals surface area contributed by atoms with Crippen LogP contribution in [0.1, 0.15) is 60.3 Å². The van der Waals surface area contributed by atoms with E-state index in [9.17, 15) is 0 Å². The molecule has 0 amide bonds.